The second-order valence-electron chi connectivity index (χ2n) is 4.48. The van der Waals surface area contributed by atoms with Gasteiger partial charge < -0.3 is 10.2 Å². The fourth-order valence-corrected chi connectivity index (χ4v) is 1.76. The Hall–Kier alpha value is -2.22. The second-order valence-corrected chi connectivity index (χ2v) is 4.48. The van der Waals surface area contributed by atoms with E-state index in [0.29, 0.717) is 11.5 Å². The summed E-state index contributed by atoms with van der Waals surface area (Å²) in [5.74, 6) is 0.681. The molecule has 0 fully saturated rings. The lowest BCUT2D eigenvalue weighted by Crippen LogP contribution is -1.79. The molecule has 2 heteroatoms. The molecule has 20 heavy (non-hydrogen) atoms. The van der Waals surface area contributed by atoms with Crippen molar-refractivity contribution >= 4 is 6.08 Å². The van der Waals surface area contributed by atoms with Crippen LogP contribution in [0.25, 0.3) is 6.08 Å². The van der Waals surface area contributed by atoms with Gasteiger partial charge in [0.25, 0.3) is 0 Å². The summed E-state index contributed by atoms with van der Waals surface area (Å²) in [5, 5.41) is 18.1. The Kier molecular flexibility index (Phi) is 6.97. The number of aryl methyl sites for hydroxylation is 1. The molecule has 2 aromatic rings. The molecule has 0 radical (unpaired) electrons. The van der Waals surface area contributed by atoms with Crippen LogP contribution in [0, 0.1) is 0 Å². The lowest BCUT2D eigenvalue weighted by atomic mass is 10.1. The van der Waals surface area contributed by atoms with Gasteiger partial charge in [-0.1, -0.05) is 55.8 Å². The van der Waals surface area contributed by atoms with Crippen molar-refractivity contribution in [2.24, 2.45) is 0 Å². The second kappa shape index (κ2) is 8.81. The van der Waals surface area contributed by atoms with E-state index in [9.17, 15) is 5.11 Å². The third-order valence-electron chi connectivity index (χ3n) is 2.76. The number of para-hydroxylation sites is 1. The van der Waals surface area contributed by atoms with Crippen molar-refractivity contribution in [3.05, 3.63) is 65.7 Å². The van der Waals surface area contributed by atoms with E-state index in [0.717, 1.165) is 18.4 Å². The summed E-state index contributed by atoms with van der Waals surface area (Å²) in [6.45, 7) is 4.07. The summed E-state index contributed by atoms with van der Waals surface area (Å²) in [6, 6.07) is 14.6. The van der Waals surface area contributed by atoms with Gasteiger partial charge in [-0.3, -0.25) is 0 Å². The van der Waals surface area contributed by atoms with E-state index >= 15 is 0 Å². The number of benzene rings is 2. The molecule has 0 saturated heterocycles. The number of phenolic OH excluding ortho intramolecular Hbond substituents is 2. The van der Waals surface area contributed by atoms with Gasteiger partial charge in [0.2, 0.25) is 0 Å². The van der Waals surface area contributed by atoms with Gasteiger partial charge in [0.15, 0.2) is 0 Å². The van der Waals surface area contributed by atoms with Crippen LogP contribution >= 0.6 is 0 Å². The zero-order valence-electron chi connectivity index (χ0n) is 12.1. The molecule has 106 valence electrons. The van der Waals surface area contributed by atoms with Crippen LogP contribution in [0.4, 0.5) is 0 Å². The SMILES string of the molecule is CC=Cc1ccccc1O.CCCc1ccc(O)cc1. The molecule has 0 aliphatic rings. The Morgan fingerprint density at radius 1 is 0.950 bits per heavy atom. The first-order valence-corrected chi connectivity index (χ1v) is 6.86. The van der Waals surface area contributed by atoms with Crippen LogP contribution in [0.1, 0.15) is 31.4 Å². The van der Waals surface area contributed by atoms with Crippen LogP contribution in [0.2, 0.25) is 0 Å². The quantitative estimate of drug-likeness (QED) is 0.843. The van der Waals surface area contributed by atoms with E-state index in [-0.39, 0.29) is 0 Å². The lowest BCUT2D eigenvalue weighted by Gasteiger charge is -1.96. The first kappa shape index (κ1) is 15.8. The normalized spacial score (nSPS) is 10.1. The van der Waals surface area contributed by atoms with Crippen LogP contribution in [0.5, 0.6) is 11.5 Å². The minimum Gasteiger partial charge on any atom is -0.508 e. The van der Waals surface area contributed by atoms with Gasteiger partial charge in [0, 0.05) is 5.56 Å². The van der Waals surface area contributed by atoms with Crippen LogP contribution in [0.15, 0.2) is 54.6 Å². The van der Waals surface area contributed by atoms with Crippen molar-refractivity contribution in [3.8, 4) is 11.5 Å². The van der Waals surface area contributed by atoms with Crippen molar-refractivity contribution in [2.45, 2.75) is 26.7 Å². The van der Waals surface area contributed by atoms with Gasteiger partial charge in [-0.25, -0.2) is 0 Å². The largest absolute Gasteiger partial charge is 0.508 e. The van der Waals surface area contributed by atoms with Crippen molar-refractivity contribution in [2.75, 3.05) is 0 Å². The van der Waals surface area contributed by atoms with Gasteiger partial charge in [0.1, 0.15) is 11.5 Å². The van der Waals surface area contributed by atoms with Crippen LogP contribution in [0.3, 0.4) is 0 Å². The van der Waals surface area contributed by atoms with E-state index in [4.69, 9.17) is 5.11 Å². The van der Waals surface area contributed by atoms with E-state index < -0.39 is 0 Å². The maximum absolute atomic E-state index is 9.19. The maximum atomic E-state index is 9.19. The Bertz CT molecular complexity index is 527. The highest BCUT2D eigenvalue weighted by Crippen LogP contribution is 2.16. The van der Waals surface area contributed by atoms with Crippen molar-refractivity contribution in [1.29, 1.82) is 0 Å². The lowest BCUT2D eigenvalue weighted by molar-refractivity contribution is 0.474. The van der Waals surface area contributed by atoms with E-state index in [1.807, 2.05) is 49.4 Å². The third kappa shape index (κ3) is 5.61. The van der Waals surface area contributed by atoms with Crippen LogP contribution in [-0.2, 0) is 6.42 Å². The van der Waals surface area contributed by atoms with Crippen molar-refractivity contribution in [3.63, 3.8) is 0 Å². The average Bonchev–Trinajstić information content (AvgIpc) is 2.45. The molecule has 2 aromatic carbocycles. The predicted octanol–water partition coefficient (Wildman–Crippen LogP) is 4.77. The summed E-state index contributed by atoms with van der Waals surface area (Å²) in [7, 11) is 0. The highest BCUT2D eigenvalue weighted by Gasteiger charge is 1.91. The number of hydrogen-bond donors (Lipinski definition) is 2. The molecule has 0 amide bonds. The molecule has 0 saturated carbocycles. The number of rotatable bonds is 3. The minimum absolute atomic E-state index is 0.334. The Morgan fingerprint density at radius 3 is 2.15 bits per heavy atom. The predicted molar refractivity (Wildman–Crippen MR) is 84.9 cm³/mol. The first-order chi connectivity index (χ1) is 9.67. The first-order valence-electron chi connectivity index (χ1n) is 6.86. The molecule has 2 rings (SSSR count). The summed E-state index contributed by atoms with van der Waals surface area (Å²) in [6.07, 6.45) is 6.02. The zero-order valence-corrected chi connectivity index (χ0v) is 12.1. The highest BCUT2D eigenvalue weighted by atomic mass is 16.3. The summed E-state index contributed by atoms with van der Waals surface area (Å²) < 4.78 is 0. The number of phenols is 2. The Morgan fingerprint density at radius 2 is 1.60 bits per heavy atom. The van der Waals surface area contributed by atoms with Gasteiger partial charge in [-0.2, -0.15) is 0 Å². The smallest absolute Gasteiger partial charge is 0.122 e. The number of hydrogen-bond acceptors (Lipinski definition) is 2. The van der Waals surface area contributed by atoms with Crippen molar-refractivity contribution < 1.29 is 10.2 Å². The fraction of sp³-hybridized carbons (Fsp3) is 0.222. The standard InChI is InChI=1S/C9H10O.C9H12O/c1-2-5-8-6-3-4-7-9(8)10;1-2-3-8-4-6-9(10)7-5-8/h2-7,10H,1H3;4-7,10H,2-3H2,1H3. The summed E-state index contributed by atoms with van der Waals surface area (Å²) >= 11 is 0. The van der Waals surface area contributed by atoms with E-state index in [1.54, 1.807) is 18.2 Å². The van der Waals surface area contributed by atoms with E-state index in [2.05, 4.69) is 6.92 Å². The van der Waals surface area contributed by atoms with Crippen LogP contribution in [-0.4, -0.2) is 10.2 Å². The minimum atomic E-state index is 0.334. The van der Waals surface area contributed by atoms with Crippen molar-refractivity contribution in [1.82, 2.24) is 0 Å². The van der Waals surface area contributed by atoms with Gasteiger partial charge in [-0.05, 0) is 37.1 Å². The maximum Gasteiger partial charge on any atom is 0.122 e. The highest BCUT2D eigenvalue weighted by molar-refractivity contribution is 5.56. The van der Waals surface area contributed by atoms with Gasteiger partial charge in [-0.15, -0.1) is 0 Å². The number of allylic oxidation sites excluding steroid dienone is 1. The molecule has 0 aliphatic heterocycles. The molecule has 0 atom stereocenters. The topological polar surface area (TPSA) is 40.5 Å². The molecular weight excluding hydrogens is 248 g/mol. The van der Waals surface area contributed by atoms with E-state index in [1.165, 1.54) is 5.56 Å². The molecule has 0 aromatic heterocycles. The average molecular weight is 270 g/mol. The molecule has 0 heterocycles. The Balaban J connectivity index is 0.000000200. The van der Waals surface area contributed by atoms with Crippen LogP contribution < -0.4 is 0 Å². The molecule has 0 aliphatic carbocycles. The van der Waals surface area contributed by atoms with Gasteiger partial charge >= 0.3 is 0 Å². The summed E-state index contributed by atoms with van der Waals surface area (Å²) in [4.78, 5) is 0. The molecular formula is C18H22O2. The summed E-state index contributed by atoms with van der Waals surface area (Å²) in [5.41, 5.74) is 2.16. The molecule has 0 unspecified atom stereocenters. The molecule has 0 spiro atoms. The number of aromatic hydroxyl groups is 2. The third-order valence-corrected chi connectivity index (χ3v) is 2.76. The zero-order chi connectivity index (χ0) is 14.8. The molecule has 2 N–H and O–H groups in total. The fourth-order valence-electron chi connectivity index (χ4n) is 1.76. The monoisotopic (exact) mass is 270 g/mol. The molecule has 0 bridgehead atoms. The van der Waals surface area contributed by atoms with Gasteiger partial charge in [0.05, 0.1) is 0 Å². The Labute approximate surface area is 121 Å². The molecule has 2 nitrogen and oxygen atoms in total.